The number of rotatable bonds is 5. The van der Waals surface area contributed by atoms with Gasteiger partial charge in [-0.3, -0.25) is 14.9 Å². The Balaban J connectivity index is 1.60. The first-order chi connectivity index (χ1) is 15.7. The summed E-state index contributed by atoms with van der Waals surface area (Å²) in [4.78, 5) is 28.1. The first-order valence-electron chi connectivity index (χ1n) is 10.5. The normalized spacial score (nSPS) is 16.0. The van der Waals surface area contributed by atoms with Crippen molar-refractivity contribution in [1.82, 2.24) is 9.88 Å². The molecule has 1 aromatic heterocycles. The van der Waals surface area contributed by atoms with Gasteiger partial charge in [0.25, 0.3) is 21.6 Å². The summed E-state index contributed by atoms with van der Waals surface area (Å²) in [6.45, 7) is 0.757. The van der Waals surface area contributed by atoms with Crippen molar-refractivity contribution in [1.29, 1.82) is 0 Å². The van der Waals surface area contributed by atoms with Crippen LogP contribution >= 0.6 is 0 Å². The van der Waals surface area contributed by atoms with Crippen LogP contribution in [0.5, 0.6) is 0 Å². The molecule has 2 N–H and O–H groups in total. The van der Waals surface area contributed by atoms with Crippen LogP contribution in [0.25, 0.3) is 10.9 Å². The maximum atomic E-state index is 12.9. The summed E-state index contributed by atoms with van der Waals surface area (Å²) >= 11 is 0. The second kappa shape index (κ2) is 9.02. The highest BCUT2D eigenvalue weighted by atomic mass is 32.2. The van der Waals surface area contributed by atoms with Crippen LogP contribution in [-0.2, 0) is 10.0 Å². The summed E-state index contributed by atoms with van der Waals surface area (Å²) in [5.74, 6) is 0.00781. The van der Waals surface area contributed by atoms with Crippen LogP contribution < -0.4 is 5.32 Å². The molecule has 0 bridgehead atoms. The Kier molecular flexibility index (Phi) is 6.14. The zero-order valence-electron chi connectivity index (χ0n) is 17.9. The zero-order chi connectivity index (χ0) is 23.6. The maximum absolute atomic E-state index is 12.9. The van der Waals surface area contributed by atoms with E-state index >= 15 is 0 Å². The zero-order valence-corrected chi connectivity index (χ0v) is 18.8. The average Bonchev–Trinajstić information content (AvgIpc) is 3.11. The third-order valence-corrected chi connectivity index (χ3v) is 6.87. The standard InChI is InChI=1S/C22H23N5O5S/c1-26-11-4-2-3-8-21(26)25-33(31,32)17-7-5-6-15(12-17)24-22(28)19-14-23-20-10-9-16(27(29)30)13-18(19)20/h5-7,9-10,12-14,23H,2-4,8,11H2,1H3,(H,24,28)/b25-21-. The predicted octanol–water partition coefficient (Wildman–Crippen LogP) is 3.92. The maximum Gasteiger partial charge on any atom is 0.284 e. The molecule has 0 spiro atoms. The number of aromatic amines is 1. The van der Waals surface area contributed by atoms with E-state index in [1.807, 2.05) is 11.9 Å². The van der Waals surface area contributed by atoms with E-state index in [1.165, 1.54) is 42.6 Å². The van der Waals surface area contributed by atoms with Crippen LogP contribution in [0.15, 0.2) is 58.0 Å². The van der Waals surface area contributed by atoms with Crippen LogP contribution in [0.3, 0.4) is 0 Å². The number of fused-ring (bicyclic) bond motifs is 1. The molecule has 1 amide bonds. The number of non-ortho nitro benzene ring substituents is 1. The fourth-order valence-corrected chi connectivity index (χ4v) is 4.92. The molecule has 3 aromatic rings. The van der Waals surface area contributed by atoms with Crippen molar-refractivity contribution in [2.24, 2.45) is 4.40 Å². The van der Waals surface area contributed by atoms with E-state index in [4.69, 9.17) is 0 Å². The van der Waals surface area contributed by atoms with Crippen LogP contribution in [0.2, 0.25) is 0 Å². The molecule has 1 saturated heterocycles. The number of aromatic nitrogens is 1. The van der Waals surface area contributed by atoms with Crippen LogP contribution in [0.4, 0.5) is 11.4 Å². The van der Waals surface area contributed by atoms with Gasteiger partial charge in [-0.05, 0) is 37.1 Å². The number of carbonyl (C=O) groups is 1. The van der Waals surface area contributed by atoms with Gasteiger partial charge in [0, 0.05) is 54.9 Å². The van der Waals surface area contributed by atoms with Crippen molar-refractivity contribution in [3.8, 4) is 0 Å². The quantitative estimate of drug-likeness (QED) is 0.429. The molecular formula is C22H23N5O5S. The number of amides is 1. The summed E-state index contributed by atoms with van der Waals surface area (Å²) in [7, 11) is -2.12. The lowest BCUT2D eigenvalue weighted by Crippen LogP contribution is -2.26. The van der Waals surface area contributed by atoms with Gasteiger partial charge in [-0.2, -0.15) is 8.42 Å². The summed E-state index contributed by atoms with van der Waals surface area (Å²) in [5.41, 5.74) is 0.926. The number of carbonyl (C=O) groups excluding carboxylic acids is 1. The van der Waals surface area contributed by atoms with Gasteiger partial charge in [0.05, 0.1) is 15.4 Å². The van der Waals surface area contributed by atoms with Crippen molar-refractivity contribution in [3.63, 3.8) is 0 Å². The van der Waals surface area contributed by atoms with Crippen LogP contribution in [0.1, 0.15) is 36.0 Å². The topological polar surface area (TPSA) is 138 Å². The van der Waals surface area contributed by atoms with Gasteiger partial charge in [-0.15, -0.1) is 4.40 Å². The van der Waals surface area contributed by atoms with E-state index in [0.717, 1.165) is 25.8 Å². The first-order valence-corrected chi connectivity index (χ1v) is 11.9. The Morgan fingerprint density at radius 2 is 2.00 bits per heavy atom. The highest BCUT2D eigenvalue weighted by Gasteiger charge is 2.20. The minimum atomic E-state index is -3.96. The first kappa shape index (κ1) is 22.5. The number of hydrogen-bond acceptors (Lipinski definition) is 5. The smallest absolute Gasteiger partial charge is 0.284 e. The molecule has 0 aliphatic carbocycles. The van der Waals surface area contributed by atoms with E-state index in [0.29, 0.717) is 23.2 Å². The monoisotopic (exact) mass is 469 g/mol. The molecule has 0 unspecified atom stereocenters. The minimum absolute atomic E-state index is 0.0278. The molecule has 33 heavy (non-hydrogen) atoms. The number of benzene rings is 2. The van der Waals surface area contributed by atoms with Crippen molar-refractivity contribution < 1.29 is 18.1 Å². The lowest BCUT2D eigenvalue weighted by Gasteiger charge is -2.17. The molecule has 1 aliphatic rings. The Bertz CT molecular complexity index is 1360. The molecule has 0 atom stereocenters. The van der Waals surface area contributed by atoms with Crippen LogP contribution in [-0.4, -0.2) is 48.6 Å². The molecule has 11 heteroatoms. The van der Waals surface area contributed by atoms with Crippen molar-refractivity contribution >= 4 is 44.0 Å². The van der Waals surface area contributed by atoms with Gasteiger partial charge < -0.3 is 15.2 Å². The number of nitrogens with one attached hydrogen (secondary N) is 2. The van der Waals surface area contributed by atoms with Crippen molar-refractivity contribution in [2.45, 2.75) is 30.6 Å². The number of hydrogen-bond donors (Lipinski definition) is 2. The van der Waals surface area contributed by atoms with Crippen molar-refractivity contribution in [2.75, 3.05) is 18.9 Å². The second-order valence-electron chi connectivity index (χ2n) is 7.89. The largest absolute Gasteiger partial charge is 0.362 e. The third kappa shape index (κ3) is 4.87. The minimum Gasteiger partial charge on any atom is -0.362 e. The van der Waals surface area contributed by atoms with E-state index in [2.05, 4.69) is 14.7 Å². The number of H-pyrrole nitrogens is 1. The SMILES string of the molecule is CN1CCCCC/C1=N/S(=O)(=O)c1cccc(NC(=O)c2c[nH]c3ccc([N+](=O)[O-])cc23)c1. The molecule has 0 saturated carbocycles. The van der Waals surface area contributed by atoms with E-state index in [9.17, 15) is 23.3 Å². The molecular weight excluding hydrogens is 446 g/mol. The van der Waals surface area contributed by atoms with E-state index in [-0.39, 0.29) is 21.8 Å². The van der Waals surface area contributed by atoms with Gasteiger partial charge >= 0.3 is 0 Å². The van der Waals surface area contributed by atoms with E-state index in [1.54, 1.807) is 6.07 Å². The van der Waals surface area contributed by atoms with Crippen LogP contribution in [0, 0.1) is 10.1 Å². The average molecular weight is 470 g/mol. The Morgan fingerprint density at radius 1 is 1.18 bits per heavy atom. The lowest BCUT2D eigenvalue weighted by molar-refractivity contribution is -0.384. The number of nitro groups is 1. The summed E-state index contributed by atoms with van der Waals surface area (Å²) in [5, 5.41) is 14.1. The predicted molar refractivity (Wildman–Crippen MR) is 125 cm³/mol. The fraction of sp³-hybridized carbons (Fsp3) is 0.273. The number of nitrogens with zero attached hydrogens (tertiary/aromatic N) is 3. The molecule has 2 heterocycles. The molecule has 10 nitrogen and oxygen atoms in total. The van der Waals surface area contributed by atoms with Gasteiger partial charge in [-0.25, -0.2) is 0 Å². The number of likely N-dealkylation sites (tertiary alicyclic amines) is 1. The van der Waals surface area contributed by atoms with Gasteiger partial charge in [0.15, 0.2) is 0 Å². The molecule has 1 fully saturated rings. The molecule has 4 rings (SSSR count). The lowest BCUT2D eigenvalue weighted by atomic mass is 10.1. The van der Waals surface area contributed by atoms with Gasteiger partial charge in [0.2, 0.25) is 0 Å². The molecule has 172 valence electrons. The van der Waals surface area contributed by atoms with E-state index < -0.39 is 20.9 Å². The number of amidine groups is 1. The highest BCUT2D eigenvalue weighted by Crippen LogP contribution is 2.25. The second-order valence-corrected chi connectivity index (χ2v) is 9.49. The molecule has 0 radical (unpaired) electrons. The molecule has 1 aliphatic heterocycles. The number of nitro benzene ring substituents is 1. The molecule has 2 aromatic carbocycles. The fourth-order valence-electron chi connectivity index (χ4n) is 3.78. The Hall–Kier alpha value is -3.73. The van der Waals surface area contributed by atoms with Gasteiger partial charge in [0.1, 0.15) is 5.84 Å². The van der Waals surface area contributed by atoms with Gasteiger partial charge in [-0.1, -0.05) is 12.5 Å². The number of anilines is 1. The highest BCUT2D eigenvalue weighted by molar-refractivity contribution is 7.90. The Morgan fingerprint density at radius 3 is 2.79 bits per heavy atom. The summed E-state index contributed by atoms with van der Waals surface area (Å²) in [6.07, 6.45) is 4.96. The number of sulfonamides is 1. The summed E-state index contributed by atoms with van der Waals surface area (Å²) < 4.78 is 29.9. The third-order valence-electron chi connectivity index (χ3n) is 5.57. The summed E-state index contributed by atoms with van der Waals surface area (Å²) in [6, 6.07) is 10.1. The Labute approximate surface area is 190 Å². The van der Waals surface area contributed by atoms with Crippen molar-refractivity contribution in [3.05, 3.63) is 64.3 Å².